The summed E-state index contributed by atoms with van der Waals surface area (Å²) < 4.78 is 10.9. The van der Waals surface area contributed by atoms with Crippen LogP contribution >= 0.6 is 11.6 Å². The first-order valence-electron chi connectivity index (χ1n) is 7.68. The lowest BCUT2D eigenvalue weighted by Gasteiger charge is -2.29. The number of carbonyl (C=O) groups is 2. The number of rotatable bonds is 4. The first-order chi connectivity index (χ1) is 11.0. The van der Waals surface area contributed by atoms with Gasteiger partial charge in [0.1, 0.15) is 12.3 Å². The summed E-state index contributed by atoms with van der Waals surface area (Å²) in [6, 6.07) is 4.93. The summed E-state index contributed by atoms with van der Waals surface area (Å²) in [5.74, 6) is 0.0582. The first-order valence-corrected chi connectivity index (χ1v) is 8.06. The third kappa shape index (κ3) is 3.59. The molecule has 2 amide bonds. The molecule has 1 N–H and O–H groups in total. The van der Waals surface area contributed by atoms with Crippen molar-refractivity contribution in [3.63, 3.8) is 0 Å². The second kappa shape index (κ2) is 6.76. The lowest BCUT2D eigenvalue weighted by Crippen LogP contribution is -2.49. The van der Waals surface area contributed by atoms with Crippen molar-refractivity contribution in [3.05, 3.63) is 23.2 Å². The number of benzene rings is 1. The maximum Gasteiger partial charge on any atom is 0.265 e. The van der Waals surface area contributed by atoms with Crippen LogP contribution in [0.25, 0.3) is 0 Å². The van der Waals surface area contributed by atoms with E-state index in [-0.39, 0.29) is 37.1 Å². The van der Waals surface area contributed by atoms with Gasteiger partial charge in [0.15, 0.2) is 6.61 Å². The molecule has 2 heterocycles. The van der Waals surface area contributed by atoms with E-state index in [0.717, 1.165) is 19.4 Å². The molecule has 0 spiro atoms. The number of hydrogen-bond donors (Lipinski definition) is 1. The molecule has 0 saturated carbocycles. The van der Waals surface area contributed by atoms with Crippen LogP contribution < -0.4 is 15.0 Å². The van der Waals surface area contributed by atoms with Crippen molar-refractivity contribution in [2.45, 2.75) is 31.9 Å². The fraction of sp³-hybridized carbons (Fsp3) is 0.500. The summed E-state index contributed by atoms with van der Waals surface area (Å²) in [6.45, 7) is 2.51. The van der Waals surface area contributed by atoms with Crippen LogP contribution in [0.4, 0.5) is 5.69 Å². The highest BCUT2D eigenvalue weighted by Gasteiger charge is 2.29. The van der Waals surface area contributed by atoms with Gasteiger partial charge in [-0.2, -0.15) is 0 Å². The second-order valence-electron chi connectivity index (χ2n) is 5.79. The molecule has 3 rings (SSSR count). The summed E-state index contributed by atoms with van der Waals surface area (Å²) >= 11 is 5.99. The van der Waals surface area contributed by atoms with E-state index in [4.69, 9.17) is 21.1 Å². The molecule has 0 aromatic heterocycles. The number of carbonyl (C=O) groups excluding carboxylic acids is 2. The minimum Gasteiger partial charge on any atom is -0.482 e. The minimum absolute atomic E-state index is 0.0427. The SMILES string of the molecule is C[C@@H](NC(=O)CN1C(=O)COc2ccc(Cl)cc21)[C@@H]1CCCO1. The lowest BCUT2D eigenvalue weighted by atomic mass is 10.1. The highest BCUT2D eigenvalue weighted by molar-refractivity contribution is 6.31. The summed E-state index contributed by atoms with van der Waals surface area (Å²) in [4.78, 5) is 25.8. The standard InChI is InChI=1S/C16H19ClN2O4/c1-10(13-3-2-6-22-13)18-15(20)8-19-12-7-11(17)4-5-14(12)23-9-16(19)21/h4-5,7,10,13H,2-3,6,8-9H2,1H3,(H,18,20)/t10-,13+/m1/s1. The largest absolute Gasteiger partial charge is 0.482 e. The van der Waals surface area contributed by atoms with Crippen LogP contribution in [0.3, 0.4) is 0 Å². The molecule has 2 aliphatic rings. The molecule has 1 saturated heterocycles. The van der Waals surface area contributed by atoms with Crippen molar-refractivity contribution in [3.8, 4) is 5.75 Å². The minimum atomic E-state index is -0.264. The Balaban J connectivity index is 1.68. The lowest BCUT2D eigenvalue weighted by molar-refractivity contribution is -0.126. The average Bonchev–Trinajstić information content (AvgIpc) is 3.05. The summed E-state index contributed by atoms with van der Waals surface area (Å²) in [6.07, 6.45) is 2.00. The molecule has 23 heavy (non-hydrogen) atoms. The highest BCUT2D eigenvalue weighted by Crippen LogP contribution is 2.34. The Labute approximate surface area is 139 Å². The van der Waals surface area contributed by atoms with Crippen LogP contribution in [-0.4, -0.2) is 43.7 Å². The van der Waals surface area contributed by atoms with E-state index in [1.165, 1.54) is 4.90 Å². The highest BCUT2D eigenvalue weighted by atomic mass is 35.5. The average molecular weight is 339 g/mol. The van der Waals surface area contributed by atoms with Crippen molar-refractivity contribution in [1.82, 2.24) is 5.32 Å². The number of fused-ring (bicyclic) bond motifs is 1. The van der Waals surface area contributed by atoms with Crippen LogP contribution in [0.15, 0.2) is 18.2 Å². The molecule has 2 atom stereocenters. The smallest absolute Gasteiger partial charge is 0.265 e. The van der Waals surface area contributed by atoms with Gasteiger partial charge in [-0.15, -0.1) is 0 Å². The Morgan fingerprint density at radius 1 is 1.52 bits per heavy atom. The van der Waals surface area contributed by atoms with Crippen molar-refractivity contribution in [2.75, 3.05) is 24.7 Å². The van der Waals surface area contributed by atoms with Gasteiger partial charge in [0.05, 0.1) is 17.8 Å². The van der Waals surface area contributed by atoms with Crippen molar-refractivity contribution >= 4 is 29.1 Å². The zero-order valence-corrected chi connectivity index (χ0v) is 13.6. The molecule has 0 radical (unpaired) electrons. The molecular weight excluding hydrogens is 320 g/mol. The van der Waals surface area contributed by atoms with E-state index in [9.17, 15) is 9.59 Å². The van der Waals surface area contributed by atoms with E-state index in [0.29, 0.717) is 16.5 Å². The summed E-state index contributed by atoms with van der Waals surface area (Å²) in [7, 11) is 0. The van der Waals surface area contributed by atoms with E-state index in [1.54, 1.807) is 18.2 Å². The predicted octanol–water partition coefficient (Wildman–Crippen LogP) is 1.75. The Hall–Kier alpha value is -1.79. The van der Waals surface area contributed by atoms with Gasteiger partial charge in [-0.3, -0.25) is 14.5 Å². The van der Waals surface area contributed by atoms with Crippen molar-refractivity contribution in [1.29, 1.82) is 0 Å². The molecule has 1 aromatic carbocycles. The van der Waals surface area contributed by atoms with Gasteiger partial charge in [-0.1, -0.05) is 11.6 Å². The Morgan fingerprint density at radius 3 is 3.09 bits per heavy atom. The molecule has 1 aromatic rings. The fourth-order valence-electron chi connectivity index (χ4n) is 2.88. The third-order valence-corrected chi connectivity index (χ3v) is 4.31. The van der Waals surface area contributed by atoms with Crippen LogP contribution in [0.5, 0.6) is 5.75 Å². The molecule has 0 unspecified atom stereocenters. The number of nitrogens with one attached hydrogen (secondary N) is 1. The molecule has 7 heteroatoms. The topological polar surface area (TPSA) is 67.9 Å². The van der Waals surface area contributed by atoms with Crippen LogP contribution in [0.1, 0.15) is 19.8 Å². The quantitative estimate of drug-likeness (QED) is 0.908. The first kappa shape index (κ1) is 16.1. The monoisotopic (exact) mass is 338 g/mol. The maximum atomic E-state index is 12.3. The molecule has 1 fully saturated rings. The number of amides is 2. The number of nitrogens with zero attached hydrogens (tertiary/aromatic N) is 1. The molecule has 2 aliphatic heterocycles. The maximum absolute atomic E-state index is 12.3. The van der Waals surface area contributed by atoms with E-state index < -0.39 is 0 Å². The van der Waals surface area contributed by atoms with Crippen molar-refractivity contribution in [2.24, 2.45) is 0 Å². The zero-order chi connectivity index (χ0) is 16.4. The third-order valence-electron chi connectivity index (χ3n) is 4.08. The van der Waals surface area contributed by atoms with Crippen LogP contribution in [-0.2, 0) is 14.3 Å². The number of anilines is 1. The van der Waals surface area contributed by atoms with E-state index >= 15 is 0 Å². The van der Waals surface area contributed by atoms with Crippen molar-refractivity contribution < 1.29 is 19.1 Å². The Bertz CT molecular complexity index is 616. The predicted molar refractivity (Wildman–Crippen MR) is 85.9 cm³/mol. The molecule has 0 aliphatic carbocycles. The van der Waals surface area contributed by atoms with E-state index in [2.05, 4.69) is 5.32 Å². The van der Waals surface area contributed by atoms with Gasteiger partial charge in [0.25, 0.3) is 5.91 Å². The molecule has 0 bridgehead atoms. The summed E-state index contributed by atoms with van der Waals surface area (Å²) in [5.41, 5.74) is 0.522. The van der Waals surface area contributed by atoms with Gasteiger partial charge in [-0.05, 0) is 38.0 Å². The number of halogens is 1. The summed E-state index contributed by atoms with van der Waals surface area (Å²) in [5, 5.41) is 3.39. The number of ether oxygens (including phenoxy) is 2. The normalized spacial score (nSPS) is 21.6. The van der Waals surface area contributed by atoms with Gasteiger partial charge in [-0.25, -0.2) is 0 Å². The Kier molecular flexibility index (Phi) is 4.73. The second-order valence-corrected chi connectivity index (χ2v) is 6.22. The molecule has 124 valence electrons. The fourth-order valence-corrected chi connectivity index (χ4v) is 3.05. The van der Waals surface area contributed by atoms with Gasteiger partial charge in [0, 0.05) is 11.6 Å². The zero-order valence-electron chi connectivity index (χ0n) is 12.9. The van der Waals surface area contributed by atoms with Crippen LogP contribution in [0.2, 0.25) is 5.02 Å². The van der Waals surface area contributed by atoms with Crippen LogP contribution in [0, 0.1) is 0 Å². The Morgan fingerprint density at radius 2 is 2.35 bits per heavy atom. The van der Waals surface area contributed by atoms with Gasteiger partial charge in [0.2, 0.25) is 5.91 Å². The van der Waals surface area contributed by atoms with Gasteiger partial charge < -0.3 is 14.8 Å². The van der Waals surface area contributed by atoms with E-state index in [1.807, 2.05) is 6.92 Å². The molecule has 6 nitrogen and oxygen atoms in total. The van der Waals surface area contributed by atoms with Gasteiger partial charge >= 0.3 is 0 Å². The molecular formula is C16H19ClN2O4. The number of hydrogen-bond acceptors (Lipinski definition) is 4.